The summed E-state index contributed by atoms with van der Waals surface area (Å²) in [6.07, 6.45) is 2.81. The van der Waals surface area contributed by atoms with Gasteiger partial charge in [0.2, 0.25) is 23.6 Å². The Labute approximate surface area is 304 Å². The Morgan fingerprint density at radius 1 is 0.962 bits per heavy atom. The van der Waals surface area contributed by atoms with Crippen LogP contribution < -0.4 is 26.0 Å². The van der Waals surface area contributed by atoms with Crippen LogP contribution in [0.5, 0.6) is 5.75 Å². The van der Waals surface area contributed by atoms with Gasteiger partial charge in [-0.25, -0.2) is 14.4 Å². The van der Waals surface area contributed by atoms with Crippen LogP contribution in [-0.2, 0) is 16.0 Å². The zero-order valence-electron chi connectivity index (χ0n) is 29.6. The van der Waals surface area contributed by atoms with Crippen LogP contribution in [0, 0.1) is 11.7 Å². The second kappa shape index (κ2) is 15.7. The number of benzene rings is 2. The number of nitrogens with one attached hydrogen (secondary N) is 4. The van der Waals surface area contributed by atoms with Crippen molar-refractivity contribution in [3.8, 4) is 5.75 Å². The molecule has 15 nitrogen and oxygen atoms in total. The van der Waals surface area contributed by atoms with E-state index in [2.05, 4.69) is 31.2 Å². The maximum Gasteiger partial charge on any atom is 0.276 e. The summed E-state index contributed by atoms with van der Waals surface area (Å²) in [7, 11) is 1.31. The van der Waals surface area contributed by atoms with Crippen LogP contribution in [0.1, 0.15) is 94.4 Å². The highest BCUT2D eigenvalue weighted by Gasteiger charge is 2.43. The number of amides is 5. The summed E-state index contributed by atoms with van der Waals surface area (Å²) >= 11 is 0. The number of ether oxygens (including phenoxy) is 1. The van der Waals surface area contributed by atoms with E-state index in [4.69, 9.17) is 13.6 Å². The quantitative estimate of drug-likeness (QED) is 0.219. The lowest BCUT2D eigenvalue weighted by Gasteiger charge is -2.25. The Kier molecular flexibility index (Phi) is 10.9. The topological polar surface area (TPSA) is 198 Å². The first-order chi connectivity index (χ1) is 25.4. The Hall–Kier alpha value is -6.06. The molecule has 4 aromatic rings. The largest absolute Gasteiger partial charge is 0.496 e. The molecule has 0 aliphatic carbocycles. The van der Waals surface area contributed by atoms with Gasteiger partial charge in [-0.15, -0.1) is 0 Å². The van der Waals surface area contributed by atoms with Gasteiger partial charge in [0.25, 0.3) is 17.7 Å². The van der Waals surface area contributed by atoms with Crippen LogP contribution in [0.2, 0.25) is 0 Å². The van der Waals surface area contributed by atoms with Gasteiger partial charge in [0.15, 0.2) is 11.4 Å². The number of rotatable bonds is 7. The Bertz CT molecular complexity index is 2000. The molecule has 0 radical (unpaired) electrons. The number of hydrogen-bond donors (Lipinski definition) is 4. The van der Waals surface area contributed by atoms with Crippen molar-refractivity contribution in [2.45, 2.75) is 70.2 Å². The summed E-state index contributed by atoms with van der Waals surface area (Å²) < 4.78 is 30.4. The third kappa shape index (κ3) is 8.37. The van der Waals surface area contributed by atoms with Gasteiger partial charge in [-0.1, -0.05) is 44.2 Å². The minimum Gasteiger partial charge on any atom is -0.496 e. The molecule has 2 aromatic carbocycles. The fraction of sp³-hybridized carbons (Fsp3) is 0.378. The third-order valence-corrected chi connectivity index (χ3v) is 9.06. The van der Waals surface area contributed by atoms with Crippen LogP contribution in [0.4, 0.5) is 4.39 Å². The van der Waals surface area contributed by atoms with E-state index in [0.717, 1.165) is 30.2 Å². The first-order valence-electron chi connectivity index (χ1n) is 17.2. The second-order valence-electron chi connectivity index (χ2n) is 13.5. The molecule has 5 atom stereocenters. The van der Waals surface area contributed by atoms with E-state index in [9.17, 15) is 28.4 Å². The van der Waals surface area contributed by atoms with E-state index in [1.54, 1.807) is 6.92 Å². The molecule has 4 bridgehead atoms. The molecule has 278 valence electrons. The van der Waals surface area contributed by atoms with Gasteiger partial charge < -0.3 is 39.7 Å². The lowest BCUT2D eigenvalue weighted by atomic mass is 10.0. The summed E-state index contributed by atoms with van der Waals surface area (Å²) in [4.78, 5) is 78.6. The summed E-state index contributed by atoms with van der Waals surface area (Å²) in [6.45, 7) is 5.34. The third-order valence-electron chi connectivity index (χ3n) is 9.06. The molecule has 2 aromatic heterocycles. The highest BCUT2D eigenvalue weighted by atomic mass is 19.1. The van der Waals surface area contributed by atoms with E-state index in [0.29, 0.717) is 6.42 Å². The molecule has 2 aliphatic rings. The predicted molar refractivity (Wildman–Crippen MR) is 185 cm³/mol. The van der Waals surface area contributed by atoms with Crippen molar-refractivity contribution in [3.63, 3.8) is 0 Å². The van der Waals surface area contributed by atoms with Gasteiger partial charge in [-0.3, -0.25) is 24.0 Å². The maximum atomic E-state index is 14.2. The van der Waals surface area contributed by atoms with Gasteiger partial charge in [-0.2, -0.15) is 0 Å². The first-order valence-corrected chi connectivity index (χ1v) is 17.2. The highest BCUT2D eigenvalue weighted by molar-refractivity contribution is 5.99. The molecule has 6 rings (SSSR count). The van der Waals surface area contributed by atoms with Crippen molar-refractivity contribution in [2.75, 3.05) is 13.7 Å². The number of halogens is 1. The van der Waals surface area contributed by atoms with Crippen LogP contribution in [0.25, 0.3) is 0 Å². The van der Waals surface area contributed by atoms with Crippen molar-refractivity contribution < 1.29 is 41.9 Å². The lowest BCUT2D eigenvalue weighted by molar-refractivity contribution is -0.126. The number of fused-ring (bicyclic) bond motifs is 5. The molecule has 1 fully saturated rings. The van der Waals surface area contributed by atoms with E-state index >= 15 is 0 Å². The number of oxazole rings is 2. The Balaban J connectivity index is 1.36. The fourth-order valence-electron chi connectivity index (χ4n) is 6.44. The van der Waals surface area contributed by atoms with Crippen molar-refractivity contribution in [3.05, 3.63) is 101 Å². The molecule has 4 N–H and O–H groups in total. The van der Waals surface area contributed by atoms with Gasteiger partial charge in [0.1, 0.15) is 48.3 Å². The molecule has 5 amide bonds. The molecule has 1 saturated heterocycles. The number of aromatic nitrogens is 2. The van der Waals surface area contributed by atoms with Crippen LogP contribution in [-0.4, -0.2) is 76.2 Å². The van der Waals surface area contributed by atoms with Crippen molar-refractivity contribution >= 4 is 29.5 Å². The molecule has 53 heavy (non-hydrogen) atoms. The van der Waals surface area contributed by atoms with E-state index in [1.807, 2.05) is 44.2 Å². The lowest BCUT2D eigenvalue weighted by Crippen LogP contribution is -2.48. The van der Waals surface area contributed by atoms with Gasteiger partial charge in [0, 0.05) is 25.1 Å². The summed E-state index contributed by atoms with van der Waals surface area (Å²) in [5.74, 6) is -3.48. The average Bonchev–Trinajstić information content (AvgIpc) is 3.91. The zero-order valence-corrected chi connectivity index (χ0v) is 29.6. The molecule has 16 heteroatoms. The smallest absolute Gasteiger partial charge is 0.276 e. The number of methoxy groups -OCH3 is 1. The minimum atomic E-state index is -1.12. The summed E-state index contributed by atoms with van der Waals surface area (Å²) in [5.41, 5.74) is 0.658. The zero-order chi connectivity index (χ0) is 37.8. The highest BCUT2D eigenvalue weighted by Crippen LogP contribution is 2.27. The monoisotopic (exact) mass is 729 g/mol. The Morgan fingerprint density at radius 3 is 2.42 bits per heavy atom. The molecule has 2 aliphatic heterocycles. The number of hydrogen-bond acceptors (Lipinski definition) is 10. The van der Waals surface area contributed by atoms with Crippen molar-refractivity contribution in [1.82, 2.24) is 36.1 Å². The average molecular weight is 730 g/mol. The van der Waals surface area contributed by atoms with Gasteiger partial charge in [0.05, 0.1) is 12.7 Å². The van der Waals surface area contributed by atoms with Crippen LogP contribution >= 0.6 is 0 Å². The minimum absolute atomic E-state index is 0.00146. The van der Waals surface area contributed by atoms with E-state index in [1.165, 1.54) is 18.1 Å². The number of carbonyl (C=O) groups excluding carboxylic acids is 5. The second-order valence-corrected chi connectivity index (χ2v) is 13.5. The fourth-order valence-corrected chi connectivity index (χ4v) is 6.44. The van der Waals surface area contributed by atoms with Gasteiger partial charge in [-0.05, 0) is 43.4 Å². The first kappa shape index (κ1) is 36.7. The van der Waals surface area contributed by atoms with E-state index in [-0.39, 0.29) is 59.8 Å². The molecule has 0 unspecified atom stereocenters. The van der Waals surface area contributed by atoms with Crippen LogP contribution in [0.3, 0.4) is 0 Å². The molecule has 0 saturated carbocycles. The summed E-state index contributed by atoms with van der Waals surface area (Å²) in [6, 6.07) is 8.22. The molecule has 4 heterocycles. The molecular weight excluding hydrogens is 689 g/mol. The SMILES string of the molecule is COc1cc(F)ccc1C(=O)N[C@H]1C[C@H]2C(=O)N[C@@H](Cc3ccccc3)c3nc(co3)C(=O)N[C@H](CC(C)C)C(=O)N[C@H](C)c3nc(co3)C(=O)N2C1. The number of nitrogens with zero attached hydrogens (tertiary/aromatic N) is 3. The van der Waals surface area contributed by atoms with E-state index < -0.39 is 65.6 Å². The molecule has 0 spiro atoms. The van der Waals surface area contributed by atoms with Crippen molar-refractivity contribution in [2.24, 2.45) is 5.92 Å². The Morgan fingerprint density at radius 2 is 1.68 bits per heavy atom. The maximum absolute atomic E-state index is 14.2. The van der Waals surface area contributed by atoms with Crippen molar-refractivity contribution in [1.29, 1.82) is 0 Å². The van der Waals surface area contributed by atoms with Gasteiger partial charge >= 0.3 is 0 Å². The normalized spacial score (nSPS) is 22.3. The predicted octanol–water partition coefficient (Wildman–Crippen LogP) is 3.26. The standard InChI is InChI=1S/C37H40FN7O8/c1-19(2)12-25-32(47)39-20(3)35-44-28(18-52-35)37(50)45-16-23(40-31(46)24-11-10-22(38)14-30(24)51-4)15-29(45)34(49)42-26(13-21-8-6-5-7-9-21)36-43-27(17-53-36)33(48)41-25/h5-11,14,17-20,23,25-26,29H,12-13,15-16H2,1-4H3,(H,39,47)(H,40,46)(H,41,48)(H,42,49)/t20-,23+,25-,26+,29+/m1/s1. The summed E-state index contributed by atoms with van der Waals surface area (Å²) in [5, 5.41) is 11.3. The molecular formula is C37H40FN7O8. The van der Waals surface area contributed by atoms with Crippen LogP contribution in [0.15, 0.2) is 69.9 Å². The number of carbonyl (C=O) groups is 5.